The Labute approximate surface area is 74.7 Å². The van der Waals surface area contributed by atoms with Gasteiger partial charge in [0.2, 0.25) is 0 Å². The van der Waals surface area contributed by atoms with Gasteiger partial charge in [-0.05, 0) is 12.2 Å². The van der Waals surface area contributed by atoms with E-state index in [1.54, 1.807) is 0 Å². The van der Waals surface area contributed by atoms with Crippen LogP contribution in [-0.4, -0.2) is 35.2 Å². The average Bonchev–Trinajstić information content (AvgIpc) is 1.95. The topological polar surface area (TPSA) is 92.4 Å². The third kappa shape index (κ3) is 9.09. The summed E-state index contributed by atoms with van der Waals surface area (Å²) in [4.78, 5) is 20.2. The van der Waals surface area contributed by atoms with Crippen molar-refractivity contribution in [2.75, 3.05) is 18.1 Å². The molecule has 0 aromatic rings. The third-order valence-electron chi connectivity index (χ3n) is 0.990. The van der Waals surface area contributed by atoms with Crippen LogP contribution >= 0.6 is 11.8 Å². The van der Waals surface area contributed by atoms with Crippen LogP contribution in [-0.2, 0) is 4.79 Å². The normalized spacial score (nSPS) is 9.33. The Hall–Kier alpha value is -0.910. The number of aliphatic carboxylic acids is 1. The third-order valence-corrected chi connectivity index (χ3v) is 2.02. The zero-order valence-electron chi connectivity index (χ0n) is 6.58. The molecule has 4 N–H and O–H groups in total. The highest BCUT2D eigenvalue weighted by Crippen LogP contribution is 2.00. The molecule has 0 aliphatic heterocycles. The number of rotatable bonds is 6. The minimum Gasteiger partial charge on any atom is -0.481 e. The highest BCUT2D eigenvalue weighted by molar-refractivity contribution is 7.99. The molecule has 0 aliphatic rings. The van der Waals surface area contributed by atoms with Crippen LogP contribution in [0.5, 0.6) is 0 Å². The van der Waals surface area contributed by atoms with Gasteiger partial charge in [-0.1, -0.05) is 0 Å². The van der Waals surface area contributed by atoms with Crippen LogP contribution < -0.4 is 11.1 Å². The van der Waals surface area contributed by atoms with Crippen molar-refractivity contribution in [1.29, 1.82) is 0 Å². The molecule has 0 heterocycles. The highest BCUT2D eigenvalue weighted by Gasteiger charge is 1.96. The maximum Gasteiger partial charge on any atom is 0.313 e. The lowest BCUT2D eigenvalue weighted by Gasteiger charge is -1.99. The lowest BCUT2D eigenvalue weighted by molar-refractivity contribution is -0.133. The fourth-order valence-electron chi connectivity index (χ4n) is 0.545. The molecule has 0 fully saturated rings. The van der Waals surface area contributed by atoms with Gasteiger partial charge in [0.1, 0.15) is 0 Å². The van der Waals surface area contributed by atoms with Crippen molar-refractivity contribution < 1.29 is 14.7 Å². The van der Waals surface area contributed by atoms with Gasteiger partial charge >= 0.3 is 12.0 Å². The molecule has 0 saturated heterocycles. The first-order valence-corrected chi connectivity index (χ1v) is 4.61. The van der Waals surface area contributed by atoms with Gasteiger partial charge in [-0.25, -0.2) is 4.79 Å². The molecule has 0 aromatic carbocycles. The van der Waals surface area contributed by atoms with Gasteiger partial charge in [-0.15, -0.1) is 0 Å². The summed E-state index contributed by atoms with van der Waals surface area (Å²) < 4.78 is 0. The van der Waals surface area contributed by atoms with E-state index in [4.69, 9.17) is 10.8 Å². The number of thioether (sulfide) groups is 1. The number of carboxylic acid groups (broad SMARTS) is 1. The molecule has 0 unspecified atom stereocenters. The first kappa shape index (κ1) is 11.1. The number of amides is 2. The number of nitrogens with one attached hydrogen (secondary N) is 1. The van der Waals surface area contributed by atoms with E-state index in [0.29, 0.717) is 12.3 Å². The molecular formula is C6H12N2O3S. The number of nitrogens with two attached hydrogens (primary N) is 1. The number of primary amides is 1. The number of carbonyl (C=O) groups is 2. The quantitative estimate of drug-likeness (QED) is 0.511. The van der Waals surface area contributed by atoms with E-state index in [9.17, 15) is 9.59 Å². The van der Waals surface area contributed by atoms with Gasteiger partial charge < -0.3 is 16.2 Å². The Balaban J connectivity index is 3.01. The first-order valence-electron chi connectivity index (χ1n) is 3.45. The molecule has 70 valence electrons. The van der Waals surface area contributed by atoms with Crippen LogP contribution in [0.1, 0.15) is 6.42 Å². The van der Waals surface area contributed by atoms with Gasteiger partial charge in [-0.3, -0.25) is 4.79 Å². The second kappa shape index (κ2) is 6.78. The molecule has 12 heavy (non-hydrogen) atoms. The maximum atomic E-state index is 10.2. The fourth-order valence-corrected chi connectivity index (χ4v) is 1.21. The zero-order valence-corrected chi connectivity index (χ0v) is 7.39. The van der Waals surface area contributed by atoms with Crippen molar-refractivity contribution in [3.63, 3.8) is 0 Å². The summed E-state index contributed by atoms with van der Waals surface area (Å²) in [6.07, 6.45) is 0.737. The van der Waals surface area contributed by atoms with Gasteiger partial charge in [0.15, 0.2) is 0 Å². The standard InChI is InChI=1S/C6H12N2O3S/c7-6(11)8-2-1-3-12-4-5(9)10/h1-4H2,(H,9,10)(H3,7,8,11). The van der Waals surface area contributed by atoms with E-state index in [0.717, 1.165) is 6.42 Å². The molecule has 5 nitrogen and oxygen atoms in total. The first-order chi connectivity index (χ1) is 5.63. The highest BCUT2D eigenvalue weighted by atomic mass is 32.2. The predicted octanol–water partition coefficient (Wildman–Crippen LogP) is -0.137. The summed E-state index contributed by atoms with van der Waals surface area (Å²) in [5, 5.41) is 10.7. The number of urea groups is 1. The molecule has 0 spiro atoms. The molecule has 2 amide bonds. The molecule has 0 saturated carbocycles. The second-order valence-electron chi connectivity index (χ2n) is 2.09. The fraction of sp³-hybridized carbons (Fsp3) is 0.667. The molecule has 0 rings (SSSR count). The molecular weight excluding hydrogens is 180 g/mol. The van der Waals surface area contributed by atoms with E-state index in [1.807, 2.05) is 0 Å². The van der Waals surface area contributed by atoms with Crippen LogP contribution in [0.3, 0.4) is 0 Å². The van der Waals surface area contributed by atoms with Gasteiger partial charge in [0.05, 0.1) is 5.75 Å². The molecule has 0 aromatic heterocycles. The Kier molecular flexibility index (Phi) is 6.26. The van der Waals surface area contributed by atoms with Crippen LogP contribution in [0.2, 0.25) is 0 Å². The predicted molar refractivity (Wildman–Crippen MR) is 47.2 cm³/mol. The van der Waals surface area contributed by atoms with Gasteiger partial charge in [0.25, 0.3) is 0 Å². The number of hydrogen-bond donors (Lipinski definition) is 3. The largest absolute Gasteiger partial charge is 0.481 e. The molecule has 0 radical (unpaired) electrons. The minimum atomic E-state index is -0.817. The van der Waals surface area contributed by atoms with Crippen molar-refractivity contribution in [1.82, 2.24) is 5.32 Å². The smallest absolute Gasteiger partial charge is 0.313 e. The van der Waals surface area contributed by atoms with Crippen LogP contribution in [0.4, 0.5) is 4.79 Å². The summed E-state index contributed by atoms with van der Waals surface area (Å²) in [6.45, 7) is 0.502. The van der Waals surface area contributed by atoms with Crippen molar-refractivity contribution in [3.05, 3.63) is 0 Å². The molecule has 0 aliphatic carbocycles. The number of carbonyl (C=O) groups excluding carboxylic acids is 1. The lowest BCUT2D eigenvalue weighted by Crippen LogP contribution is -2.30. The Morgan fingerprint density at radius 2 is 2.17 bits per heavy atom. The van der Waals surface area contributed by atoms with Crippen molar-refractivity contribution in [3.8, 4) is 0 Å². The average molecular weight is 192 g/mol. The lowest BCUT2D eigenvalue weighted by atomic mass is 10.5. The van der Waals surface area contributed by atoms with Gasteiger partial charge in [-0.2, -0.15) is 11.8 Å². The molecule has 0 bridgehead atoms. The van der Waals surface area contributed by atoms with Crippen LogP contribution in [0, 0.1) is 0 Å². The van der Waals surface area contributed by atoms with Crippen molar-refractivity contribution >= 4 is 23.8 Å². The van der Waals surface area contributed by atoms with Crippen molar-refractivity contribution in [2.45, 2.75) is 6.42 Å². The number of carboxylic acids is 1. The summed E-state index contributed by atoms with van der Waals surface area (Å²) >= 11 is 1.32. The Bertz CT molecular complexity index is 145. The van der Waals surface area contributed by atoms with E-state index in [2.05, 4.69) is 5.32 Å². The maximum absolute atomic E-state index is 10.2. The summed E-state index contributed by atoms with van der Waals surface area (Å²) in [6, 6.07) is -0.543. The van der Waals surface area contributed by atoms with E-state index < -0.39 is 12.0 Å². The number of hydrogen-bond acceptors (Lipinski definition) is 3. The Morgan fingerprint density at radius 3 is 2.67 bits per heavy atom. The molecule has 6 heteroatoms. The van der Waals surface area contributed by atoms with Crippen LogP contribution in [0.25, 0.3) is 0 Å². The van der Waals surface area contributed by atoms with Crippen LogP contribution in [0.15, 0.2) is 0 Å². The van der Waals surface area contributed by atoms with Gasteiger partial charge in [0, 0.05) is 6.54 Å². The van der Waals surface area contributed by atoms with E-state index in [-0.39, 0.29) is 5.75 Å². The summed E-state index contributed by atoms with van der Waals surface area (Å²) in [5.41, 5.74) is 4.80. The van der Waals surface area contributed by atoms with Crippen molar-refractivity contribution in [2.24, 2.45) is 5.73 Å². The molecule has 0 atom stereocenters. The Morgan fingerprint density at radius 1 is 1.50 bits per heavy atom. The van der Waals surface area contributed by atoms with E-state index >= 15 is 0 Å². The monoisotopic (exact) mass is 192 g/mol. The zero-order chi connectivity index (χ0) is 9.40. The minimum absolute atomic E-state index is 0.108. The summed E-state index contributed by atoms with van der Waals surface area (Å²) in [7, 11) is 0. The SMILES string of the molecule is NC(=O)NCCCSCC(=O)O. The summed E-state index contributed by atoms with van der Waals surface area (Å²) in [5.74, 6) is 0.00577. The van der Waals surface area contributed by atoms with E-state index in [1.165, 1.54) is 11.8 Å². The second-order valence-corrected chi connectivity index (χ2v) is 3.20.